The highest BCUT2D eigenvalue weighted by atomic mass is 127. The first-order valence-corrected chi connectivity index (χ1v) is 6.82. The van der Waals surface area contributed by atoms with Crippen molar-refractivity contribution in [2.24, 2.45) is 10.4 Å². The number of aliphatic imine (C=N–C) groups is 1. The lowest BCUT2D eigenvalue weighted by molar-refractivity contribution is 0.156. The van der Waals surface area contributed by atoms with Crippen molar-refractivity contribution in [3.63, 3.8) is 0 Å². The predicted octanol–water partition coefficient (Wildman–Crippen LogP) is 1.33. The molecule has 2 heterocycles. The molecule has 1 unspecified atom stereocenters. The van der Waals surface area contributed by atoms with Crippen molar-refractivity contribution in [3.05, 3.63) is 0 Å². The number of nitrogens with one attached hydrogen (secondary N) is 1. The largest absolute Gasteiger partial charge is 0.385 e. The van der Waals surface area contributed by atoms with Crippen molar-refractivity contribution >= 4 is 29.9 Å². The summed E-state index contributed by atoms with van der Waals surface area (Å²) in [5.41, 5.74) is 0.393. The zero-order chi connectivity index (χ0) is 12.8. The Morgan fingerprint density at radius 3 is 2.95 bits per heavy atom. The van der Waals surface area contributed by atoms with Crippen LogP contribution in [0.1, 0.15) is 19.3 Å². The van der Waals surface area contributed by atoms with Crippen molar-refractivity contribution in [3.8, 4) is 0 Å². The van der Waals surface area contributed by atoms with E-state index in [4.69, 9.17) is 9.47 Å². The van der Waals surface area contributed by atoms with E-state index in [1.165, 1.54) is 12.8 Å². The van der Waals surface area contributed by atoms with Crippen LogP contribution in [0.25, 0.3) is 0 Å². The van der Waals surface area contributed by atoms with E-state index in [1.807, 2.05) is 7.05 Å². The van der Waals surface area contributed by atoms with Crippen molar-refractivity contribution < 1.29 is 9.47 Å². The van der Waals surface area contributed by atoms with E-state index in [2.05, 4.69) is 15.2 Å². The van der Waals surface area contributed by atoms with Gasteiger partial charge in [-0.05, 0) is 19.3 Å². The molecule has 19 heavy (non-hydrogen) atoms. The number of ether oxygens (including phenoxy) is 2. The van der Waals surface area contributed by atoms with Crippen LogP contribution in [0, 0.1) is 5.41 Å². The Labute approximate surface area is 133 Å². The first-order valence-electron chi connectivity index (χ1n) is 6.82. The molecule has 0 aromatic heterocycles. The standard InChI is InChI=1S/C13H25N3O2.HI/c1-14-12(15-6-3-8-17-2)16-7-4-13(10-16)5-9-18-11-13;/h3-11H2,1-2H3,(H,14,15);1H. The molecule has 5 nitrogen and oxygen atoms in total. The van der Waals surface area contributed by atoms with Gasteiger partial charge in [0.1, 0.15) is 0 Å². The molecule has 2 rings (SSSR count). The fraction of sp³-hybridized carbons (Fsp3) is 0.923. The number of hydrogen-bond donors (Lipinski definition) is 1. The van der Waals surface area contributed by atoms with Gasteiger partial charge >= 0.3 is 0 Å². The van der Waals surface area contributed by atoms with Crippen molar-refractivity contribution in [1.29, 1.82) is 0 Å². The van der Waals surface area contributed by atoms with E-state index in [1.54, 1.807) is 7.11 Å². The second-order valence-electron chi connectivity index (χ2n) is 5.29. The molecule has 2 aliphatic rings. The Bertz CT molecular complexity index is 294. The molecular weight excluding hydrogens is 357 g/mol. The SMILES string of the molecule is CN=C(NCCCOC)N1CCC2(CCOC2)C1.I. The predicted molar refractivity (Wildman–Crippen MR) is 87.3 cm³/mol. The molecule has 6 heteroatoms. The fourth-order valence-corrected chi connectivity index (χ4v) is 2.84. The van der Waals surface area contributed by atoms with Gasteiger partial charge in [-0.15, -0.1) is 24.0 Å². The molecule has 0 amide bonds. The number of guanidine groups is 1. The minimum absolute atomic E-state index is 0. The summed E-state index contributed by atoms with van der Waals surface area (Å²) in [7, 11) is 3.59. The van der Waals surface area contributed by atoms with E-state index in [0.29, 0.717) is 5.41 Å². The second kappa shape index (κ2) is 8.26. The Balaban J connectivity index is 0.00000180. The summed E-state index contributed by atoms with van der Waals surface area (Å²) in [6, 6.07) is 0. The Hall–Kier alpha value is -0.0800. The molecule has 0 saturated carbocycles. The second-order valence-corrected chi connectivity index (χ2v) is 5.29. The summed E-state index contributed by atoms with van der Waals surface area (Å²) < 4.78 is 10.6. The molecule has 1 spiro atoms. The van der Waals surface area contributed by atoms with Gasteiger partial charge in [0.2, 0.25) is 0 Å². The molecule has 2 saturated heterocycles. The van der Waals surface area contributed by atoms with Gasteiger partial charge in [-0.3, -0.25) is 4.99 Å². The number of methoxy groups -OCH3 is 1. The topological polar surface area (TPSA) is 46.1 Å². The lowest BCUT2D eigenvalue weighted by Gasteiger charge is -2.24. The number of likely N-dealkylation sites (tertiary alicyclic amines) is 1. The van der Waals surface area contributed by atoms with E-state index < -0.39 is 0 Å². The minimum atomic E-state index is 0. The van der Waals surface area contributed by atoms with Crippen LogP contribution in [-0.4, -0.2) is 64.5 Å². The molecule has 2 aliphatic heterocycles. The van der Waals surface area contributed by atoms with Gasteiger partial charge in [0.15, 0.2) is 5.96 Å². The van der Waals surface area contributed by atoms with E-state index in [0.717, 1.165) is 51.8 Å². The number of rotatable bonds is 4. The van der Waals surface area contributed by atoms with Crippen LogP contribution in [0.3, 0.4) is 0 Å². The summed E-state index contributed by atoms with van der Waals surface area (Å²) in [5, 5.41) is 3.41. The van der Waals surface area contributed by atoms with Gasteiger partial charge in [-0.2, -0.15) is 0 Å². The summed E-state index contributed by atoms with van der Waals surface area (Å²) in [5.74, 6) is 1.02. The quantitative estimate of drug-likeness (QED) is 0.345. The van der Waals surface area contributed by atoms with Gasteiger partial charge in [-0.1, -0.05) is 0 Å². The number of halogens is 1. The Morgan fingerprint density at radius 2 is 2.32 bits per heavy atom. The normalized spacial score (nSPS) is 26.8. The van der Waals surface area contributed by atoms with Crippen molar-refractivity contribution in [1.82, 2.24) is 10.2 Å². The maximum absolute atomic E-state index is 5.55. The van der Waals surface area contributed by atoms with E-state index in [9.17, 15) is 0 Å². The monoisotopic (exact) mass is 383 g/mol. The molecule has 0 aromatic rings. The van der Waals surface area contributed by atoms with Crippen LogP contribution >= 0.6 is 24.0 Å². The van der Waals surface area contributed by atoms with Gasteiger partial charge in [0.25, 0.3) is 0 Å². The summed E-state index contributed by atoms with van der Waals surface area (Å²) in [4.78, 5) is 6.73. The third-order valence-corrected chi connectivity index (χ3v) is 3.94. The lowest BCUT2D eigenvalue weighted by Crippen LogP contribution is -2.41. The molecule has 112 valence electrons. The first kappa shape index (κ1) is 17.0. The average molecular weight is 383 g/mol. The van der Waals surface area contributed by atoms with Crippen LogP contribution in [0.4, 0.5) is 0 Å². The van der Waals surface area contributed by atoms with Gasteiger partial charge in [0.05, 0.1) is 6.61 Å². The molecular formula is C13H26IN3O2. The third-order valence-electron chi connectivity index (χ3n) is 3.94. The van der Waals surface area contributed by atoms with Crippen LogP contribution in [0.15, 0.2) is 4.99 Å². The zero-order valence-electron chi connectivity index (χ0n) is 12.0. The minimum Gasteiger partial charge on any atom is -0.385 e. The molecule has 1 atom stereocenters. The smallest absolute Gasteiger partial charge is 0.193 e. The van der Waals surface area contributed by atoms with E-state index in [-0.39, 0.29) is 24.0 Å². The van der Waals surface area contributed by atoms with E-state index >= 15 is 0 Å². The highest BCUT2D eigenvalue weighted by Crippen LogP contribution is 2.38. The molecule has 0 bridgehead atoms. The van der Waals surface area contributed by atoms with Crippen LogP contribution < -0.4 is 5.32 Å². The van der Waals surface area contributed by atoms with Gasteiger partial charge < -0.3 is 19.7 Å². The van der Waals surface area contributed by atoms with Crippen LogP contribution in [-0.2, 0) is 9.47 Å². The van der Waals surface area contributed by atoms with Crippen molar-refractivity contribution in [2.75, 3.05) is 53.6 Å². The average Bonchev–Trinajstić information content (AvgIpc) is 3.01. The summed E-state index contributed by atoms with van der Waals surface area (Å²) in [6.45, 7) is 5.73. The molecule has 0 aromatic carbocycles. The highest BCUT2D eigenvalue weighted by Gasteiger charge is 2.42. The molecule has 0 radical (unpaired) electrons. The molecule has 2 fully saturated rings. The first-order chi connectivity index (χ1) is 8.79. The van der Waals surface area contributed by atoms with Crippen LogP contribution in [0.2, 0.25) is 0 Å². The fourth-order valence-electron chi connectivity index (χ4n) is 2.84. The lowest BCUT2D eigenvalue weighted by atomic mass is 9.87. The Kier molecular flexibility index (Phi) is 7.38. The zero-order valence-corrected chi connectivity index (χ0v) is 14.3. The highest BCUT2D eigenvalue weighted by molar-refractivity contribution is 14.0. The number of hydrogen-bond acceptors (Lipinski definition) is 3. The Morgan fingerprint density at radius 1 is 1.47 bits per heavy atom. The maximum Gasteiger partial charge on any atom is 0.193 e. The summed E-state index contributed by atoms with van der Waals surface area (Å²) >= 11 is 0. The summed E-state index contributed by atoms with van der Waals surface area (Å²) in [6.07, 6.45) is 3.44. The molecule has 0 aliphatic carbocycles. The van der Waals surface area contributed by atoms with Crippen molar-refractivity contribution in [2.45, 2.75) is 19.3 Å². The molecule has 1 N–H and O–H groups in total. The van der Waals surface area contributed by atoms with Gasteiger partial charge in [-0.25, -0.2) is 0 Å². The maximum atomic E-state index is 5.55. The number of nitrogens with zero attached hydrogens (tertiary/aromatic N) is 2. The van der Waals surface area contributed by atoms with Gasteiger partial charge in [0, 0.05) is 52.4 Å². The van der Waals surface area contributed by atoms with Crippen LogP contribution in [0.5, 0.6) is 0 Å². The third kappa shape index (κ3) is 4.46.